The third-order valence-electron chi connectivity index (χ3n) is 15.6. The van der Waals surface area contributed by atoms with Crippen molar-refractivity contribution < 1.29 is 0 Å². The van der Waals surface area contributed by atoms with Crippen molar-refractivity contribution in [2.75, 3.05) is 10.6 Å². The van der Waals surface area contributed by atoms with E-state index in [0.717, 1.165) is 40.3 Å². The summed E-state index contributed by atoms with van der Waals surface area (Å²) in [6.07, 6.45) is 0.784. The highest BCUT2D eigenvalue weighted by Crippen LogP contribution is 2.65. The van der Waals surface area contributed by atoms with Crippen LogP contribution in [0.2, 0.25) is 10.0 Å². The van der Waals surface area contributed by atoms with Crippen molar-refractivity contribution in [1.82, 2.24) is 0 Å². The fourth-order valence-corrected chi connectivity index (χ4v) is 13.1. The molecule has 332 valence electrons. The molecular formula is C66H44Cl2N2. The van der Waals surface area contributed by atoms with E-state index in [-0.39, 0.29) is 0 Å². The zero-order valence-electron chi connectivity index (χ0n) is 38.3. The minimum atomic E-state index is -0.554. The minimum absolute atomic E-state index is 0.407. The van der Waals surface area contributed by atoms with E-state index in [4.69, 9.17) is 23.2 Å². The number of hydrogen-bond acceptors (Lipinski definition) is 2. The normalized spacial score (nSPS) is 15.3. The van der Waals surface area contributed by atoms with E-state index in [1.54, 1.807) is 0 Å². The van der Waals surface area contributed by atoms with Crippen LogP contribution in [-0.4, -0.2) is 0 Å². The number of para-hydroxylation sites is 1. The van der Waals surface area contributed by atoms with E-state index >= 15 is 0 Å². The van der Waals surface area contributed by atoms with Crippen molar-refractivity contribution in [2.24, 2.45) is 0 Å². The second kappa shape index (κ2) is 15.6. The average molecular weight is 936 g/mol. The van der Waals surface area contributed by atoms with Gasteiger partial charge < -0.3 is 10.6 Å². The molecule has 2 nitrogen and oxygen atoms in total. The number of anilines is 4. The first-order valence-electron chi connectivity index (χ1n) is 24.1. The zero-order chi connectivity index (χ0) is 46.7. The molecule has 0 aromatic heterocycles. The van der Waals surface area contributed by atoms with Gasteiger partial charge in [0, 0.05) is 16.8 Å². The highest BCUT2D eigenvalue weighted by Gasteiger charge is 2.53. The molecule has 0 radical (unpaired) electrons. The molecule has 11 aromatic rings. The summed E-state index contributed by atoms with van der Waals surface area (Å²) in [4.78, 5) is 0. The molecule has 0 fully saturated rings. The Labute approximate surface area is 417 Å². The van der Waals surface area contributed by atoms with E-state index in [0.29, 0.717) is 10.0 Å². The number of benzene rings is 11. The van der Waals surface area contributed by atoms with Crippen LogP contribution in [0, 0.1) is 0 Å². The van der Waals surface area contributed by atoms with Gasteiger partial charge in [-0.3, -0.25) is 0 Å². The third kappa shape index (κ3) is 5.94. The van der Waals surface area contributed by atoms with Gasteiger partial charge in [0.1, 0.15) is 0 Å². The van der Waals surface area contributed by atoms with E-state index in [2.05, 4.69) is 212 Å². The van der Waals surface area contributed by atoms with Crippen LogP contribution in [0.3, 0.4) is 0 Å². The smallest absolute Gasteiger partial charge is 0.0732 e. The monoisotopic (exact) mass is 934 g/mol. The summed E-state index contributed by atoms with van der Waals surface area (Å²) in [5.41, 5.74) is 21.9. The van der Waals surface area contributed by atoms with Crippen LogP contribution in [-0.2, 0) is 17.3 Å². The molecule has 4 heteroatoms. The predicted octanol–water partition coefficient (Wildman–Crippen LogP) is 18.3. The first-order valence-corrected chi connectivity index (χ1v) is 24.8. The summed E-state index contributed by atoms with van der Waals surface area (Å²) in [6, 6.07) is 81.9. The molecule has 11 aromatic carbocycles. The fourth-order valence-electron chi connectivity index (χ4n) is 12.7. The summed E-state index contributed by atoms with van der Waals surface area (Å²) in [5.74, 6) is 0. The van der Waals surface area contributed by atoms with Crippen LogP contribution in [0.15, 0.2) is 224 Å². The first-order chi connectivity index (χ1) is 34.4. The van der Waals surface area contributed by atoms with Gasteiger partial charge in [0.15, 0.2) is 0 Å². The molecule has 0 amide bonds. The Kier molecular flexibility index (Phi) is 9.15. The number of rotatable bonds is 7. The van der Waals surface area contributed by atoms with Gasteiger partial charge in [-0.15, -0.1) is 0 Å². The van der Waals surface area contributed by atoms with Crippen LogP contribution < -0.4 is 10.6 Å². The maximum Gasteiger partial charge on any atom is 0.0732 e. The summed E-state index contributed by atoms with van der Waals surface area (Å²) < 4.78 is 0. The van der Waals surface area contributed by atoms with E-state index < -0.39 is 10.8 Å². The quantitative estimate of drug-likeness (QED) is 0.166. The molecule has 0 saturated heterocycles. The highest BCUT2D eigenvalue weighted by atomic mass is 35.5. The SMILES string of the molecule is CC1(Cc2cc3c(c4ccccc24)C2(c4ccccc4-c4ccccc42)c2cc(Nc4ccccc4Cl)ccc2-3)c2cc(Nc3ccc(-c4ccccc4)cc3Cl)ccc2-c2ccc3ccccc3c21. The van der Waals surface area contributed by atoms with Crippen molar-refractivity contribution in [1.29, 1.82) is 0 Å². The molecule has 0 saturated carbocycles. The maximum atomic E-state index is 7.07. The van der Waals surface area contributed by atoms with Crippen molar-refractivity contribution >= 4 is 67.5 Å². The molecule has 0 heterocycles. The number of nitrogens with one attached hydrogen (secondary N) is 2. The average Bonchev–Trinajstić information content (AvgIpc) is 3.96. The van der Waals surface area contributed by atoms with E-state index in [1.165, 1.54) is 93.9 Å². The first kappa shape index (κ1) is 41.1. The van der Waals surface area contributed by atoms with Gasteiger partial charge >= 0.3 is 0 Å². The van der Waals surface area contributed by atoms with Crippen LogP contribution in [0.1, 0.15) is 45.9 Å². The van der Waals surface area contributed by atoms with Crippen molar-refractivity contribution in [3.05, 3.63) is 273 Å². The Hall–Kier alpha value is -7.88. The lowest BCUT2D eigenvalue weighted by Gasteiger charge is -2.33. The molecule has 1 spiro atoms. The summed E-state index contributed by atoms with van der Waals surface area (Å²) in [7, 11) is 0. The molecular weight excluding hydrogens is 892 g/mol. The van der Waals surface area contributed by atoms with Crippen LogP contribution in [0.4, 0.5) is 22.7 Å². The van der Waals surface area contributed by atoms with Crippen molar-refractivity contribution in [2.45, 2.75) is 24.2 Å². The summed E-state index contributed by atoms with van der Waals surface area (Å²) >= 11 is 13.8. The Bertz CT molecular complexity index is 3940. The van der Waals surface area contributed by atoms with Gasteiger partial charge in [-0.25, -0.2) is 0 Å². The Morgan fingerprint density at radius 2 is 0.943 bits per heavy atom. The molecule has 0 aliphatic heterocycles. The van der Waals surface area contributed by atoms with Crippen LogP contribution in [0.25, 0.3) is 66.1 Å². The fraction of sp³-hybridized carbons (Fsp3) is 0.0606. The lowest BCUT2D eigenvalue weighted by molar-refractivity contribution is 0.590. The highest BCUT2D eigenvalue weighted by molar-refractivity contribution is 6.34. The number of fused-ring (bicyclic) bond motifs is 17. The van der Waals surface area contributed by atoms with Gasteiger partial charge in [0.2, 0.25) is 0 Å². The predicted molar refractivity (Wildman–Crippen MR) is 295 cm³/mol. The molecule has 2 N–H and O–H groups in total. The van der Waals surface area contributed by atoms with Gasteiger partial charge in [-0.05, 0) is 160 Å². The Morgan fingerprint density at radius 3 is 1.67 bits per heavy atom. The van der Waals surface area contributed by atoms with Crippen molar-refractivity contribution in [3.8, 4) is 44.5 Å². The third-order valence-corrected chi connectivity index (χ3v) is 16.3. The largest absolute Gasteiger partial charge is 0.354 e. The molecule has 70 heavy (non-hydrogen) atoms. The van der Waals surface area contributed by atoms with E-state index in [1.807, 2.05) is 30.3 Å². The minimum Gasteiger partial charge on any atom is -0.354 e. The van der Waals surface area contributed by atoms with E-state index in [9.17, 15) is 0 Å². The Morgan fingerprint density at radius 1 is 0.371 bits per heavy atom. The molecule has 1 atom stereocenters. The number of hydrogen-bond donors (Lipinski definition) is 2. The van der Waals surface area contributed by atoms with Crippen LogP contribution >= 0.6 is 23.2 Å². The molecule has 3 aliphatic carbocycles. The second-order valence-electron chi connectivity index (χ2n) is 19.4. The molecule has 14 rings (SSSR count). The number of halogens is 2. The second-order valence-corrected chi connectivity index (χ2v) is 20.2. The maximum absolute atomic E-state index is 7.07. The topological polar surface area (TPSA) is 24.1 Å². The van der Waals surface area contributed by atoms with Gasteiger partial charge in [-0.1, -0.05) is 206 Å². The lowest BCUT2D eigenvalue weighted by atomic mass is 9.68. The molecule has 0 bridgehead atoms. The summed E-state index contributed by atoms with van der Waals surface area (Å²) in [5, 5.41) is 13.9. The van der Waals surface area contributed by atoms with Crippen molar-refractivity contribution in [3.63, 3.8) is 0 Å². The zero-order valence-corrected chi connectivity index (χ0v) is 39.8. The standard InChI is InChI=1S/C66H44Cl2N2/c1-65(57-37-44(70-62-34-28-42(36-60(62)68)40-15-3-2-4-16-40)29-32-50(57)53-31-27-41-17-5-6-19-47(41)63(53)65)39-43-35-54-51-33-30-45(69-61-26-14-13-25-59(61)67)38-58(51)66(64(54)52-22-8-7-18-46(43)52)55-23-11-9-20-48(55)49-21-10-12-24-56(49)66/h2-38,69-70H,39H2,1H3. The van der Waals surface area contributed by atoms with Gasteiger partial charge in [-0.2, -0.15) is 0 Å². The lowest BCUT2D eigenvalue weighted by Crippen LogP contribution is -2.27. The molecule has 3 aliphatic rings. The summed E-state index contributed by atoms with van der Waals surface area (Å²) in [6.45, 7) is 2.48. The molecule has 1 unspecified atom stereocenters. The van der Waals surface area contributed by atoms with Gasteiger partial charge in [0.25, 0.3) is 0 Å². The van der Waals surface area contributed by atoms with Crippen LogP contribution in [0.5, 0.6) is 0 Å². The Balaban J connectivity index is 0.970. The van der Waals surface area contributed by atoms with Gasteiger partial charge in [0.05, 0.1) is 26.8 Å².